The van der Waals surface area contributed by atoms with Crippen molar-refractivity contribution in [1.82, 2.24) is 4.98 Å². The first kappa shape index (κ1) is 13.7. The molecule has 0 spiro atoms. The first-order valence-electron chi connectivity index (χ1n) is 5.29. The predicted molar refractivity (Wildman–Crippen MR) is 66.2 cm³/mol. The molecule has 6 heteroatoms. The van der Waals surface area contributed by atoms with Crippen LogP contribution in [0.5, 0.6) is 5.75 Å². The van der Waals surface area contributed by atoms with E-state index in [2.05, 4.69) is 4.98 Å². The minimum Gasteiger partial charge on any atom is -0.494 e. The van der Waals surface area contributed by atoms with Gasteiger partial charge < -0.3 is 4.74 Å². The molecule has 0 atom stereocenters. The normalized spacial score (nSPS) is 11.4. The van der Waals surface area contributed by atoms with Crippen LogP contribution in [0.3, 0.4) is 0 Å². The smallest absolute Gasteiger partial charge is 0.417 e. The maximum Gasteiger partial charge on any atom is 0.417 e. The van der Waals surface area contributed by atoms with Crippen LogP contribution >= 0.6 is 11.6 Å². The minimum absolute atomic E-state index is 0.0103. The molecule has 0 unspecified atom stereocenters. The van der Waals surface area contributed by atoms with Crippen molar-refractivity contribution in [2.24, 2.45) is 0 Å². The molecule has 0 fully saturated rings. The van der Waals surface area contributed by atoms with Gasteiger partial charge in [-0.1, -0.05) is 29.8 Å². The van der Waals surface area contributed by atoms with Crippen molar-refractivity contribution < 1.29 is 17.9 Å². The summed E-state index contributed by atoms with van der Waals surface area (Å²) >= 11 is 5.74. The number of hydrogen-bond acceptors (Lipinski definition) is 2. The molecule has 0 amide bonds. The zero-order valence-corrected chi connectivity index (χ0v) is 10.6. The number of ether oxygens (including phenoxy) is 1. The lowest BCUT2D eigenvalue weighted by atomic mass is 9.99. The summed E-state index contributed by atoms with van der Waals surface area (Å²) in [4.78, 5) is 3.79. The van der Waals surface area contributed by atoms with Crippen molar-refractivity contribution in [2.45, 2.75) is 6.18 Å². The number of aromatic nitrogens is 1. The van der Waals surface area contributed by atoms with Crippen LogP contribution in [0.4, 0.5) is 13.2 Å². The maximum atomic E-state index is 13.0. The Balaban J connectivity index is 2.69. The Labute approximate surface area is 112 Å². The van der Waals surface area contributed by atoms with Crippen molar-refractivity contribution in [3.05, 3.63) is 47.2 Å². The number of hydrogen-bond donors (Lipinski definition) is 0. The first-order chi connectivity index (χ1) is 8.93. The van der Waals surface area contributed by atoms with Crippen LogP contribution in [0.1, 0.15) is 5.56 Å². The number of alkyl halides is 3. The molecule has 1 aromatic heterocycles. The van der Waals surface area contributed by atoms with Crippen LogP contribution in [0.15, 0.2) is 36.5 Å². The van der Waals surface area contributed by atoms with Crippen molar-refractivity contribution >= 4 is 11.6 Å². The second kappa shape index (κ2) is 5.09. The fourth-order valence-electron chi connectivity index (χ4n) is 1.76. The van der Waals surface area contributed by atoms with Crippen LogP contribution in [-0.2, 0) is 6.18 Å². The molecule has 0 radical (unpaired) electrons. The minimum atomic E-state index is -4.45. The molecule has 0 aliphatic rings. The zero-order valence-electron chi connectivity index (χ0n) is 9.83. The van der Waals surface area contributed by atoms with E-state index in [4.69, 9.17) is 16.3 Å². The van der Waals surface area contributed by atoms with Gasteiger partial charge in [-0.05, 0) is 17.7 Å². The Kier molecular flexibility index (Phi) is 3.66. The van der Waals surface area contributed by atoms with Gasteiger partial charge in [0.2, 0.25) is 0 Å². The molecule has 1 aromatic carbocycles. The Hall–Kier alpha value is -1.75. The van der Waals surface area contributed by atoms with E-state index in [9.17, 15) is 13.2 Å². The van der Waals surface area contributed by atoms with E-state index in [1.807, 2.05) is 0 Å². The van der Waals surface area contributed by atoms with E-state index >= 15 is 0 Å². The van der Waals surface area contributed by atoms with E-state index < -0.39 is 11.7 Å². The number of benzene rings is 1. The molecular weight excluding hydrogens is 279 g/mol. The number of halogens is 4. The summed E-state index contributed by atoms with van der Waals surface area (Å²) in [5.41, 5.74) is -0.470. The van der Waals surface area contributed by atoms with Gasteiger partial charge in [0.1, 0.15) is 10.9 Å². The topological polar surface area (TPSA) is 22.1 Å². The molecule has 0 saturated heterocycles. The molecule has 0 bridgehead atoms. The molecule has 2 rings (SSSR count). The molecule has 2 aromatic rings. The molecule has 100 valence electrons. The van der Waals surface area contributed by atoms with Crippen LogP contribution in [0, 0.1) is 0 Å². The maximum absolute atomic E-state index is 13.0. The van der Waals surface area contributed by atoms with E-state index in [1.165, 1.54) is 37.6 Å². The van der Waals surface area contributed by atoms with Gasteiger partial charge in [-0.2, -0.15) is 13.2 Å². The van der Waals surface area contributed by atoms with Gasteiger partial charge in [-0.3, -0.25) is 0 Å². The summed E-state index contributed by atoms with van der Waals surface area (Å²) in [6.07, 6.45) is -3.15. The second-order valence-electron chi connectivity index (χ2n) is 3.75. The monoisotopic (exact) mass is 287 g/mol. The summed E-state index contributed by atoms with van der Waals surface area (Å²) in [5, 5.41) is 0.104. The fourth-order valence-corrected chi connectivity index (χ4v) is 1.91. The Morgan fingerprint density at radius 3 is 2.47 bits per heavy atom. The summed E-state index contributed by atoms with van der Waals surface area (Å²) in [6, 6.07) is 6.60. The van der Waals surface area contributed by atoms with Crippen molar-refractivity contribution in [3.63, 3.8) is 0 Å². The number of methoxy groups -OCH3 is 1. The molecule has 0 saturated carbocycles. The van der Waals surface area contributed by atoms with Crippen LogP contribution in [0.2, 0.25) is 5.15 Å². The van der Waals surface area contributed by atoms with Crippen LogP contribution < -0.4 is 4.74 Å². The third kappa shape index (κ3) is 2.81. The third-order valence-electron chi connectivity index (χ3n) is 2.58. The second-order valence-corrected chi connectivity index (χ2v) is 4.14. The van der Waals surface area contributed by atoms with Crippen molar-refractivity contribution in [3.8, 4) is 16.9 Å². The fraction of sp³-hybridized carbons (Fsp3) is 0.154. The summed E-state index contributed by atoms with van der Waals surface area (Å²) in [6.45, 7) is 0. The molecule has 0 aliphatic carbocycles. The van der Waals surface area contributed by atoms with Gasteiger partial charge in [-0.25, -0.2) is 4.98 Å². The third-order valence-corrected chi connectivity index (χ3v) is 2.78. The standard InChI is InChI=1S/C13H9ClF3NO/c1-19-11-7-18-12(14)6-9(11)8-4-2-3-5-10(8)13(15,16)17/h2-7H,1H3. The van der Waals surface area contributed by atoms with Gasteiger partial charge in [0.15, 0.2) is 0 Å². The zero-order chi connectivity index (χ0) is 14.0. The highest BCUT2D eigenvalue weighted by Gasteiger charge is 2.33. The molecule has 1 heterocycles. The van der Waals surface area contributed by atoms with E-state index in [0.717, 1.165) is 6.07 Å². The van der Waals surface area contributed by atoms with Crippen molar-refractivity contribution in [2.75, 3.05) is 7.11 Å². The Morgan fingerprint density at radius 1 is 1.16 bits per heavy atom. The van der Waals surface area contributed by atoms with E-state index in [1.54, 1.807) is 0 Å². The average Bonchev–Trinajstić information content (AvgIpc) is 2.37. The molecular formula is C13H9ClF3NO. The molecule has 0 N–H and O–H groups in total. The summed E-state index contributed by atoms with van der Waals surface area (Å²) in [7, 11) is 1.37. The van der Waals surface area contributed by atoms with E-state index in [-0.39, 0.29) is 22.0 Å². The largest absolute Gasteiger partial charge is 0.494 e. The SMILES string of the molecule is COc1cnc(Cl)cc1-c1ccccc1C(F)(F)F. The highest BCUT2D eigenvalue weighted by molar-refractivity contribution is 6.29. The van der Waals surface area contributed by atoms with Crippen LogP contribution in [0.25, 0.3) is 11.1 Å². The highest BCUT2D eigenvalue weighted by Crippen LogP contribution is 2.40. The highest BCUT2D eigenvalue weighted by atomic mass is 35.5. The van der Waals surface area contributed by atoms with Gasteiger partial charge in [0.25, 0.3) is 0 Å². The lowest BCUT2D eigenvalue weighted by molar-refractivity contribution is -0.137. The van der Waals surface area contributed by atoms with Crippen molar-refractivity contribution in [1.29, 1.82) is 0 Å². The first-order valence-corrected chi connectivity index (χ1v) is 5.67. The number of nitrogens with zero attached hydrogens (tertiary/aromatic N) is 1. The lowest BCUT2D eigenvalue weighted by Crippen LogP contribution is -2.07. The Morgan fingerprint density at radius 2 is 1.84 bits per heavy atom. The van der Waals surface area contributed by atoms with Gasteiger partial charge in [-0.15, -0.1) is 0 Å². The number of rotatable bonds is 2. The quantitative estimate of drug-likeness (QED) is 0.762. The van der Waals surface area contributed by atoms with Gasteiger partial charge >= 0.3 is 6.18 Å². The van der Waals surface area contributed by atoms with Gasteiger partial charge in [0.05, 0.1) is 18.9 Å². The molecule has 19 heavy (non-hydrogen) atoms. The lowest BCUT2D eigenvalue weighted by Gasteiger charge is -2.15. The van der Waals surface area contributed by atoms with Crippen LogP contribution in [-0.4, -0.2) is 12.1 Å². The predicted octanol–water partition coefficient (Wildman–Crippen LogP) is 4.43. The number of pyridine rings is 1. The van der Waals surface area contributed by atoms with E-state index in [0.29, 0.717) is 0 Å². The summed E-state index contributed by atoms with van der Waals surface area (Å²) in [5.74, 6) is 0.237. The molecule has 2 nitrogen and oxygen atoms in total. The summed E-state index contributed by atoms with van der Waals surface area (Å²) < 4.78 is 44.0. The van der Waals surface area contributed by atoms with Gasteiger partial charge in [0, 0.05) is 5.56 Å². The Bertz CT molecular complexity index is 599. The average molecular weight is 288 g/mol. The molecule has 0 aliphatic heterocycles.